The summed E-state index contributed by atoms with van der Waals surface area (Å²) in [4.78, 5) is 14.5. The molecule has 0 bridgehead atoms. The third-order valence-corrected chi connectivity index (χ3v) is 4.22. The van der Waals surface area contributed by atoms with E-state index >= 15 is 0 Å². The van der Waals surface area contributed by atoms with E-state index in [9.17, 15) is 4.79 Å². The second kappa shape index (κ2) is 6.20. The van der Waals surface area contributed by atoms with Crippen LogP contribution in [0.25, 0.3) is 0 Å². The summed E-state index contributed by atoms with van der Waals surface area (Å²) in [6, 6.07) is 8.66. The Morgan fingerprint density at radius 2 is 1.95 bits per heavy atom. The van der Waals surface area contributed by atoms with Gasteiger partial charge >= 0.3 is 0 Å². The van der Waals surface area contributed by atoms with E-state index in [0.29, 0.717) is 6.04 Å². The first-order valence-corrected chi connectivity index (χ1v) is 7.24. The Hall–Kier alpha value is -1.35. The second-order valence-electron chi connectivity index (χ2n) is 5.33. The van der Waals surface area contributed by atoms with E-state index in [-0.39, 0.29) is 11.9 Å². The molecule has 1 N–H and O–H groups in total. The highest BCUT2D eigenvalue weighted by atomic mass is 16.2. The Morgan fingerprint density at radius 3 is 2.58 bits per heavy atom. The maximum absolute atomic E-state index is 12.5. The molecule has 0 saturated heterocycles. The summed E-state index contributed by atoms with van der Waals surface area (Å²) in [5.74, 6) is 0.225. The zero-order valence-electron chi connectivity index (χ0n) is 12.1. The van der Waals surface area contributed by atoms with E-state index in [4.69, 9.17) is 0 Å². The lowest BCUT2D eigenvalue weighted by Crippen LogP contribution is -2.50. The lowest BCUT2D eigenvalue weighted by atomic mass is 9.95. The standard InChI is InChI=1S/C16H24N2O/c1-4-14(5-2)18(3)16(19)15-10-12-8-6-7-9-13(12)11-17-15/h6-9,14-15,17H,4-5,10-11H2,1-3H3/t15-/m1/s1. The van der Waals surface area contributed by atoms with Crippen molar-refractivity contribution < 1.29 is 4.79 Å². The first-order chi connectivity index (χ1) is 9.17. The van der Waals surface area contributed by atoms with Crippen molar-refractivity contribution >= 4 is 5.91 Å². The molecular formula is C16H24N2O. The summed E-state index contributed by atoms with van der Waals surface area (Å²) in [6.45, 7) is 5.08. The molecule has 0 spiro atoms. The van der Waals surface area contributed by atoms with Crippen LogP contribution in [0, 0.1) is 0 Å². The fourth-order valence-electron chi connectivity index (χ4n) is 2.89. The third kappa shape index (κ3) is 2.98. The zero-order chi connectivity index (χ0) is 13.8. The molecule has 0 saturated carbocycles. The number of hydrogen-bond donors (Lipinski definition) is 1. The van der Waals surface area contributed by atoms with Crippen molar-refractivity contribution in [2.24, 2.45) is 0 Å². The van der Waals surface area contributed by atoms with Gasteiger partial charge in [0.15, 0.2) is 0 Å². The van der Waals surface area contributed by atoms with Crippen LogP contribution in [0.5, 0.6) is 0 Å². The number of carbonyl (C=O) groups excluding carboxylic acids is 1. The molecule has 0 unspecified atom stereocenters. The first kappa shape index (κ1) is 14.1. The molecule has 2 rings (SSSR count). The molecule has 0 aliphatic carbocycles. The minimum Gasteiger partial charge on any atom is -0.341 e. The number of benzene rings is 1. The van der Waals surface area contributed by atoms with Gasteiger partial charge in [-0.3, -0.25) is 4.79 Å². The Balaban J connectivity index is 2.06. The number of likely N-dealkylation sites (N-methyl/N-ethyl adjacent to an activating group) is 1. The van der Waals surface area contributed by atoms with Crippen LogP contribution >= 0.6 is 0 Å². The van der Waals surface area contributed by atoms with Crippen molar-refractivity contribution in [3.63, 3.8) is 0 Å². The van der Waals surface area contributed by atoms with Gasteiger partial charge in [-0.1, -0.05) is 38.1 Å². The molecule has 19 heavy (non-hydrogen) atoms. The van der Waals surface area contributed by atoms with Crippen LogP contribution in [-0.4, -0.2) is 29.9 Å². The zero-order valence-corrected chi connectivity index (χ0v) is 12.1. The number of nitrogens with zero attached hydrogens (tertiary/aromatic N) is 1. The van der Waals surface area contributed by atoms with E-state index in [0.717, 1.165) is 25.8 Å². The Morgan fingerprint density at radius 1 is 1.32 bits per heavy atom. The van der Waals surface area contributed by atoms with Gasteiger partial charge in [0.25, 0.3) is 0 Å². The van der Waals surface area contributed by atoms with E-state index in [1.807, 2.05) is 11.9 Å². The average molecular weight is 260 g/mol. The Bertz CT molecular complexity index is 440. The summed E-state index contributed by atoms with van der Waals surface area (Å²) in [7, 11) is 1.93. The second-order valence-corrected chi connectivity index (χ2v) is 5.33. The van der Waals surface area contributed by atoms with Gasteiger partial charge in [-0.2, -0.15) is 0 Å². The highest BCUT2D eigenvalue weighted by Gasteiger charge is 2.28. The largest absolute Gasteiger partial charge is 0.341 e. The molecule has 1 aromatic rings. The van der Waals surface area contributed by atoms with Gasteiger partial charge in [0.2, 0.25) is 5.91 Å². The molecule has 1 aliphatic rings. The molecule has 104 valence electrons. The highest BCUT2D eigenvalue weighted by molar-refractivity contribution is 5.82. The number of hydrogen-bond acceptors (Lipinski definition) is 2. The molecule has 0 aromatic heterocycles. The number of nitrogens with one attached hydrogen (secondary N) is 1. The SMILES string of the molecule is CCC(CC)N(C)C(=O)[C@H]1Cc2ccccc2CN1. The molecule has 3 heteroatoms. The molecule has 1 amide bonds. The lowest BCUT2D eigenvalue weighted by Gasteiger charge is -2.33. The van der Waals surface area contributed by atoms with Crippen LogP contribution in [0.15, 0.2) is 24.3 Å². The van der Waals surface area contributed by atoms with Crippen LogP contribution < -0.4 is 5.32 Å². The quantitative estimate of drug-likeness (QED) is 0.901. The van der Waals surface area contributed by atoms with Gasteiger partial charge in [0.05, 0.1) is 6.04 Å². The molecule has 1 heterocycles. The summed E-state index contributed by atoms with van der Waals surface area (Å²) in [5, 5.41) is 3.37. The van der Waals surface area contributed by atoms with E-state index in [1.54, 1.807) is 0 Å². The monoisotopic (exact) mass is 260 g/mol. The number of fused-ring (bicyclic) bond motifs is 1. The average Bonchev–Trinajstić information content (AvgIpc) is 2.47. The Labute approximate surface area is 116 Å². The first-order valence-electron chi connectivity index (χ1n) is 7.24. The van der Waals surface area contributed by atoms with Crippen LogP contribution in [0.3, 0.4) is 0 Å². The summed E-state index contributed by atoms with van der Waals surface area (Å²) >= 11 is 0. The van der Waals surface area contributed by atoms with Crippen molar-refractivity contribution in [1.29, 1.82) is 0 Å². The van der Waals surface area contributed by atoms with Crippen molar-refractivity contribution in [2.75, 3.05) is 7.05 Å². The van der Waals surface area contributed by atoms with Crippen LogP contribution in [0.4, 0.5) is 0 Å². The molecule has 1 aromatic carbocycles. The number of carbonyl (C=O) groups is 1. The number of rotatable bonds is 4. The minimum atomic E-state index is -0.0690. The molecular weight excluding hydrogens is 236 g/mol. The van der Waals surface area contributed by atoms with E-state index in [2.05, 4.69) is 43.4 Å². The highest BCUT2D eigenvalue weighted by Crippen LogP contribution is 2.18. The Kier molecular flexibility index (Phi) is 4.59. The van der Waals surface area contributed by atoms with E-state index in [1.165, 1.54) is 11.1 Å². The van der Waals surface area contributed by atoms with Crippen molar-refractivity contribution in [2.45, 2.75) is 51.7 Å². The number of amides is 1. The fraction of sp³-hybridized carbons (Fsp3) is 0.562. The molecule has 3 nitrogen and oxygen atoms in total. The maximum atomic E-state index is 12.5. The van der Waals surface area contributed by atoms with Gasteiger partial charge in [-0.15, -0.1) is 0 Å². The van der Waals surface area contributed by atoms with Gasteiger partial charge in [0.1, 0.15) is 0 Å². The fourth-order valence-corrected chi connectivity index (χ4v) is 2.89. The minimum absolute atomic E-state index is 0.0690. The van der Waals surface area contributed by atoms with Crippen molar-refractivity contribution in [3.8, 4) is 0 Å². The maximum Gasteiger partial charge on any atom is 0.240 e. The molecule has 1 aliphatic heterocycles. The lowest BCUT2D eigenvalue weighted by molar-refractivity contribution is -0.134. The molecule has 1 atom stereocenters. The van der Waals surface area contributed by atoms with E-state index < -0.39 is 0 Å². The smallest absolute Gasteiger partial charge is 0.240 e. The van der Waals surface area contributed by atoms with Crippen molar-refractivity contribution in [3.05, 3.63) is 35.4 Å². The van der Waals surface area contributed by atoms with Gasteiger partial charge in [-0.25, -0.2) is 0 Å². The van der Waals surface area contributed by atoms with Crippen LogP contribution in [-0.2, 0) is 17.8 Å². The van der Waals surface area contributed by atoms with Crippen molar-refractivity contribution in [1.82, 2.24) is 10.2 Å². The third-order valence-electron chi connectivity index (χ3n) is 4.22. The normalized spacial score (nSPS) is 18.2. The predicted molar refractivity (Wildman–Crippen MR) is 77.9 cm³/mol. The van der Waals surface area contributed by atoms with Gasteiger partial charge in [-0.05, 0) is 30.4 Å². The summed E-state index contributed by atoms with van der Waals surface area (Å²) in [5.41, 5.74) is 2.62. The van der Waals surface area contributed by atoms with Crippen LogP contribution in [0.1, 0.15) is 37.8 Å². The topological polar surface area (TPSA) is 32.3 Å². The molecule has 0 radical (unpaired) electrons. The summed E-state index contributed by atoms with van der Waals surface area (Å²) < 4.78 is 0. The van der Waals surface area contributed by atoms with Crippen LogP contribution in [0.2, 0.25) is 0 Å². The van der Waals surface area contributed by atoms with Gasteiger partial charge < -0.3 is 10.2 Å². The predicted octanol–water partition coefficient (Wildman–Crippen LogP) is 2.35. The summed E-state index contributed by atoms with van der Waals surface area (Å²) in [6.07, 6.45) is 2.84. The molecule has 0 fully saturated rings. The van der Waals surface area contributed by atoms with Gasteiger partial charge in [0, 0.05) is 19.6 Å².